The van der Waals surface area contributed by atoms with E-state index < -0.39 is 0 Å². The van der Waals surface area contributed by atoms with Crippen LogP contribution in [0.2, 0.25) is 0 Å². The lowest BCUT2D eigenvalue weighted by Gasteiger charge is -1.90. The van der Waals surface area contributed by atoms with Crippen LogP contribution in [0.5, 0.6) is 0 Å². The molecule has 1 aromatic carbocycles. The van der Waals surface area contributed by atoms with Gasteiger partial charge in [0.05, 0.1) is 10.4 Å². The fraction of sp³-hybridized carbons (Fsp3) is 0.125. The van der Waals surface area contributed by atoms with Crippen LogP contribution in [0.3, 0.4) is 0 Å². The summed E-state index contributed by atoms with van der Waals surface area (Å²) in [5.41, 5.74) is 1.12. The highest BCUT2D eigenvalue weighted by molar-refractivity contribution is 9.10. The van der Waals surface area contributed by atoms with Crippen molar-refractivity contribution in [1.29, 1.82) is 0 Å². The number of nitrogens with zero attached hydrogens (tertiary/aromatic N) is 1. The molecule has 0 atom stereocenters. The van der Waals surface area contributed by atoms with Gasteiger partial charge in [-0.15, -0.1) is 0 Å². The average Bonchev–Trinajstić information content (AvgIpc) is 2.35. The zero-order valence-corrected chi connectivity index (χ0v) is 8.37. The third kappa shape index (κ3) is 1.08. The Morgan fingerprint density at radius 2 is 2.27 bits per heavy atom. The van der Waals surface area contributed by atoms with Gasteiger partial charge in [-0.25, -0.2) is 0 Å². The van der Waals surface area contributed by atoms with Gasteiger partial charge in [-0.2, -0.15) is 4.37 Å². The van der Waals surface area contributed by atoms with Gasteiger partial charge in [0, 0.05) is 9.86 Å². The van der Waals surface area contributed by atoms with Gasteiger partial charge in [0.1, 0.15) is 0 Å². The lowest BCUT2D eigenvalue weighted by Crippen LogP contribution is -1.69. The topological polar surface area (TPSA) is 12.9 Å². The largest absolute Gasteiger partial charge is 0.197 e. The van der Waals surface area contributed by atoms with E-state index in [1.165, 1.54) is 10.1 Å². The Morgan fingerprint density at radius 1 is 1.45 bits per heavy atom. The molecule has 0 radical (unpaired) electrons. The van der Waals surface area contributed by atoms with Gasteiger partial charge < -0.3 is 0 Å². The Bertz CT molecular complexity index is 394. The highest BCUT2D eigenvalue weighted by atomic mass is 79.9. The second kappa shape index (κ2) is 2.57. The number of hydrogen-bond donors (Lipinski definition) is 0. The maximum atomic E-state index is 4.27. The minimum atomic E-state index is 1.12. The molecule has 0 unspecified atom stereocenters. The Morgan fingerprint density at radius 3 is 3.00 bits per heavy atom. The number of hydrogen-bond acceptors (Lipinski definition) is 2. The minimum absolute atomic E-state index is 1.12. The van der Waals surface area contributed by atoms with Crippen molar-refractivity contribution in [2.75, 3.05) is 0 Å². The molecule has 56 valence electrons. The second-order valence-electron chi connectivity index (χ2n) is 2.38. The van der Waals surface area contributed by atoms with Gasteiger partial charge in [-0.1, -0.05) is 12.1 Å². The van der Waals surface area contributed by atoms with Crippen LogP contribution >= 0.6 is 27.5 Å². The summed E-state index contributed by atoms with van der Waals surface area (Å²) >= 11 is 5.02. The summed E-state index contributed by atoms with van der Waals surface area (Å²) in [6, 6.07) is 6.17. The fourth-order valence-electron chi connectivity index (χ4n) is 1.05. The van der Waals surface area contributed by atoms with Crippen LogP contribution in [0.4, 0.5) is 0 Å². The number of benzene rings is 1. The van der Waals surface area contributed by atoms with E-state index in [0.717, 1.165) is 10.2 Å². The highest BCUT2D eigenvalue weighted by Crippen LogP contribution is 2.28. The van der Waals surface area contributed by atoms with E-state index in [1.54, 1.807) is 11.5 Å². The van der Waals surface area contributed by atoms with Crippen LogP contribution in [0, 0.1) is 6.92 Å². The summed E-state index contributed by atoms with van der Waals surface area (Å²) in [6.45, 7) is 2.03. The van der Waals surface area contributed by atoms with Crippen molar-refractivity contribution in [3.05, 3.63) is 28.4 Å². The van der Waals surface area contributed by atoms with Crippen molar-refractivity contribution < 1.29 is 0 Å². The van der Waals surface area contributed by atoms with Crippen LogP contribution in [-0.2, 0) is 0 Å². The average molecular weight is 228 g/mol. The van der Waals surface area contributed by atoms with Crippen LogP contribution in [0.15, 0.2) is 22.7 Å². The smallest absolute Gasteiger partial charge is 0.0694 e. The zero-order valence-electron chi connectivity index (χ0n) is 5.97. The summed E-state index contributed by atoms with van der Waals surface area (Å²) in [6.07, 6.45) is 0. The number of rotatable bonds is 0. The maximum Gasteiger partial charge on any atom is 0.0694 e. The lowest BCUT2D eigenvalue weighted by molar-refractivity contribution is 1.37. The van der Waals surface area contributed by atoms with Gasteiger partial charge in [-0.3, -0.25) is 0 Å². The third-order valence-corrected chi connectivity index (χ3v) is 3.54. The van der Waals surface area contributed by atoms with Crippen molar-refractivity contribution >= 4 is 37.5 Å². The Balaban J connectivity index is 2.94. The molecule has 0 aliphatic carbocycles. The molecule has 1 nitrogen and oxygen atoms in total. The molecule has 2 aromatic rings. The SMILES string of the molecule is Cc1nsc2c(Br)cccc12. The summed E-state index contributed by atoms with van der Waals surface area (Å²) in [4.78, 5) is 0. The number of aromatic nitrogens is 1. The van der Waals surface area contributed by atoms with E-state index in [9.17, 15) is 0 Å². The normalized spacial score (nSPS) is 10.7. The van der Waals surface area contributed by atoms with Gasteiger partial charge in [0.15, 0.2) is 0 Å². The fourth-order valence-corrected chi connectivity index (χ4v) is 2.43. The number of aryl methyl sites for hydroxylation is 1. The van der Waals surface area contributed by atoms with Crippen molar-refractivity contribution in [2.45, 2.75) is 6.92 Å². The van der Waals surface area contributed by atoms with E-state index in [2.05, 4.69) is 26.4 Å². The first kappa shape index (κ1) is 7.25. The molecule has 0 fully saturated rings. The van der Waals surface area contributed by atoms with Gasteiger partial charge >= 0.3 is 0 Å². The van der Waals surface area contributed by atoms with E-state index in [4.69, 9.17) is 0 Å². The number of halogens is 1. The molecule has 0 saturated carbocycles. The predicted octanol–water partition coefficient (Wildman–Crippen LogP) is 3.37. The molecule has 0 N–H and O–H groups in total. The van der Waals surface area contributed by atoms with Crippen LogP contribution in [-0.4, -0.2) is 4.37 Å². The molecule has 1 aromatic heterocycles. The summed E-state index contributed by atoms with van der Waals surface area (Å²) < 4.78 is 6.65. The summed E-state index contributed by atoms with van der Waals surface area (Å²) in [5, 5.41) is 1.25. The minimum Gasteiger partial charge on any atom is -0.197 e. The maximum absolute atomic E-state index is 4.27. The first-order valence-electron chi connectivity index (χ1n) is 3.29. The molecule has 0 bridgehead atoms. The van der Waals surface area contributed by atoms with E-state index in [0.29, 0.717) is 0 Å². The third-order valence-electron chi connectivity index (χ3n) is 1.63. The molecular formula is C8H6BrNS. The number of fused-ring (bicyclic) bond motifs is 1. The monoisotopic (exact) mass is 227 g/mol. The van der Waals surface area contributed by atoms with E-state index in [-0.39, 0.29) is 0 Å². The predicted molar refractivity (Wildman–Crippen MR) is 52.1 cm³/mol. The van der Waals surface area contributed by atoms with Crippen molar-refractivity contribution in [3.63, 3.8) is 0 Å². The molecule has 0 spiro atoms. The Hall–Kier alpha value is -0.410. The lowest BCUT2D eigenvalue weighted by atomic mass is 10.2. The van der Waals surface area contributed by atoms with Crippen LogP contribution in [0.1, 0.15) is 5.69 Å². The molecule has 0 amide bonds. The van der Waals surface area contributed by atoms with Crippen LogP contribution in [0.25, 0.3) is 10.1 Å². The van der Waals surface area contributed by atoms with Gasteiger partial charge in [0.25, 0.3) is 0 Å². The molecule has 2 rings (SSSR count). The molecule has 0 aliphatic rings. The molecule has 0 saturated heterocycles. The Labute approximate surface area is 77.3 Å². The first-order chi connectivity index (χ1) is 5.29. The van der Waals surface area contributed by atoms with Gasteiger partial charge in [-0.05, 0) is 40.5 Å². The van der Waals surface area contributed by atoms with Crippen molar-refractivity contribution in [1.82, 2.24) is 4.37 Å². The zero-order chi connectivity index (χ0) is 7.84. The molecule has 0 aliphatic heterocycles. The van der Waals surface area contributed by atoms with E-state index in [1.807, 2.05) is 19.1 Å². The van der Waals surface area contributed by atoms with E-state index >= 15 is 0 Å². The summed E-state index contributed by atoms with van der Waals surface area (Å²) in [7, 11) is 0. The quantitative estimate of drug-likeness (QED) is 0.673. The molecule has 11 heavy (non-hydrogen) atoms. The van der Waals surface area contributed by atoms with Gasteiger partial charge in [0.2, 0.25) is 0 Å². The summed E-state index contributed by atoms with van der Waals surface area (Å²) in [5.74, 6) is 0. The highest BCUT2D eigenvalue weighted by Gasteiger charge is 2.02. The first-order valence-corrected chi connectivity index (χ1v) is 4.86. The van der Waals surface area contributed by atoms with Crippen molar-refractivity contribution in [2.24, 2.45) is 0 Å². The molecule has 3 heteroatoms. The Kier molecular flexibility index (Phi) is 1.69. The van der Waals surface area contributed by atoms with Crippen LogP contribution < -0.4 is 0 Å². The second-order valence-corrected chi connectivity index (χ2v) is 4.01. The molecule has 1 heterocycles. The van der Waals surface area contributed by atoms with Crippen molar-refractivity contribution in [3.8, 4) is 0 Å². The molecular weight excluding hydrogens is 222 g/mol. The standard InChI is InChI=1S/C8H6BrNS/c1-5-6-3-2-4-7(9)8(6)11-10-5/h2-4H,1H3.